The highest BCUT2D eigenvalue weighted by Gasteiger charge is 2.21. The maximum Gasteiger partial charge on any atom is 0.231 e. The van der Waals surface area contributed by atoms with E-state index in [0.717, 1.165) is 5.56 Å². The van der Waals surface area contributed by atoms with Crippen molar-refractivity contribution in [2.75, 3.05) is 48.8 Å². The zero-order chi connectivity index (χ0) is 22.8. The van der Waals surface area contributed by atoms with Gasteiger partial charge in [0.15, 0.2) is 11.5 Å². The van der Waals surface area contributed by atoms with Gasteiger partial charge in [-0.15, -0.1) is 0 Å². The van der Waals surface area contributed by atoms with Gasteiger partial charge in [-0.05, 0) is 42.7 Å². The highest BCUT2D eigenvalue weighted by molar-refractivity contribution is 6.44. The zero-order valence-corrected chi connectivity index (χ0v) is 18.5. The smallest absolute Gasteiger partial charge is 0.231 e. The van der Waals surface area contributed by atoms with Crippen LogP contribution in [0.4, 0.5) is 0 Å². The van der Waals surface area contributed by atoms with E-state index < -0.39 is 11.6 Å². The lowest BCUT2D eigenvalue weighted by Gasteiger charge is -2.13. The summed E-state index contributed by atoms with van der Waals surface area (Å²) in [6.07, 6.45) is 1.38. The molecule has 168 valence electrons. The summed E-state index contributed by atoms with van der Waals surface area (Å²) in [4.78, 5) is 24.8. The van der Waals surface area contributed by atoms with Gasteiger partial charge in [0, 0.05) is 18.2 Å². The van der Waals surface area contributed by atoms with Crippen LogP contribution in [-0.4, -0.2) is 60.3 Å². The van der Waals surface area contributed by atoms with E-state index in [-0.39, 0.29) is 12.2 Å². The van der Waals surface area contributed by atoms with Gasteiger partial charge in [-0.1, -0.05) is 0 Å². The van der Waals surface area contributed by atoms with Gasteiger partial charge in [0.2, 0.25) is 17.3 Å². The van der Waals surface area contributed by atoms with Crippen molar-refractivity contribution in [3.63, 3.8) is 0 Å². The van der Waals surface area contributed by atoms with Crippen LogP contribution in [0, 0.1) is 0 Å². The van der Waals surface area contributed by atoms with E-state index in [9.17, 15) is 9.59 Å². The number of aryl methyl sites for hydroxylation is 1. The van der Waals surface area contributed by atoms with E-state index in [1.807, 2.05) is 12.1 Å². The molecule has 31 heavy (non-hydrogen) atoms. The van der Waals surface area contributed by atoms with Crippen molar-refractivity contribution in [1.82, 2.24) is 0 Å². The van der Waals surface area contributed by atoms with E-state index in [0.29, 0.717) is 48.2 Å². The largest absolute Gasteiger partial charge is 0.497 e. The van der Waals surface area contributed by atoms with Gasteiger partial charge in [-0.25, -0.2) is 0 Å². The van der Waals surface area contributed by atoms with E-state index in [4.69, 9.17) is 28.4 Å². The van der Waals surface area contributed by atoms with Crippen molar-refractivity contribution in [2.24, 2.45) is 0 Å². The van der Waals surface area contributed by atoms with Gasteiger partial charge in [0.25, 0.3) is 0 Å². The SMILES string of the molecule is COc1cc(CCCOCC(=O)C(=O)c2cc(OC)c(OC)c(OC)c2)cc(OC)c1. The molecule has 2 aromatic rings. The predicted octanol–water partition coefficient (Wildman–Crippen LogP) is 3.13. The second-order valence-corrected chi connectivity index (χ2v) is 6.54. The standard InChI is InChI=1S/C23H28O8/c1-26-17-9-15(10-18(13-17)27-2)7-6-8-31-14-19(24)22(25)16-11-20(28-3)23(30-5)21(12-16)29-4/h9-13H,6-8,14H2,1-5H3. The Bertz CT molecular complexity index is 859. The molecule has 0 radical (unpaired) electrons. The van der Waals surface area contributed by atoms with Gasteiger partial charge >= 0.3 is 0 Å². The van der Waals surface area contributed by atoms with Crippen LogP contribution >= 0.6 is 0 Å². The first-order valence-corrected chi connectivity index (χ1v) is 9.64. The summed E-state index contributed by atoms with van der Waals surface area (Å²) >= 11 is 0. The summed E-state index contributed by atoms with van der Waals surface area (Å²) in [5, 5.41) is 0. The maximum atomic E-state index is 12.5. The fourth-order valence-corrected chi connectivity index (χ4v) is 2.99. The number of benzene rings is 2. The number of rotatable bonds is 13. The monoisotopic (exact) mass is 432 g/mol. The average Bonchev–Trinajstić information content (AvgIpc) is 2.81. The number of Topliss-reactive ketones (excluding diaryl/α,β-unsaturated/α-hetero) is 2. The van der Waals surface area contributed by atoms with Gasteiger partial charge in [-0.2, -0.15) is 0 Å². The number of hydrogen-bond donors (Lipinski definition) is 0. The second kappa shape index (κ2) is 11.8. The van der Waals surface area contributed by atoms with Crippen molar-refractivity contribution in [3.8, 4) is 28.7 Å². The Balaban J connectivity index is 1.90. The Morgan fingerprint density at radius 2 is 1.32 bits per heavy atom. The van der Waals surface area contributed by atoms with E-state index in [2.05, 4.69) is 0 Å². The topological polar surface area (TPSA) is 89.5 Å². The molecule has 0 N–H and O–H groups in total. The summed E-state index contributed by atoms with van der Waals surface area (Å²) in [6.45, 7) is 0.0186. The Morgan fingerprint density at radius 3 is 1.81 bits per heavy atom. The Morgan fingerprint density at radius 1 is 0.742 bits per heavy atom. The lowest BCUT2D eigenvalue weighted by molar-refractivity contribution is -0.119. The molecule has 2 rings (SSSR count). The molecule has 0 atom stereocenters. The van der Waals surface area contributed by atoms with Crippen LogP contribution in [0.25, 0.3) is 0 Å². The minimum absolute atomic E-state index is 0.145. The highest BCUT2D eigenvalue weighted by atomic mass is 16.5. The van der Waals surface area contributed by atoms with Crippen molar-refractivity contribution in [1.29, 1.82) is 0 Å². The van der Waals surface area contributed by atoms with Crippen LogP contribution in [-0.2, 0) is 16.0 Å². The highest BCUT2D eigenvalue weighted by Crippen LogP contribution is 2.38. The maximum absolute atomic E-state index is 12.5. The van der Waals surface area contributed by atoms with E-state index >= 15 is 0 Å². The molecule has 0 fully saturated rings. The first kappa shape index (κ1) is 24.0. The molecule has 2 aromatic carbocycles. The lowest BCUT2D eigenvalue weighted by atomic mass is 10.1. The summed E-state index contributed by atoms with van der Waals surface area (Å²) in [5.41, 5.74) is 1.17. The van der Waals surface area contributed by atoms with Gasteiger partial charge < -0.3 is 28.4 Å². The lowest BCUT2D eigenvalue weighted by Crippen LogP contribution is -2.20. The predicted molar refractivity (Wildman–Crippen MR) is 114 cm³/mol. The molecule has 0 amide bonds. The molecule has 0 saturated heterocycles. The van der Waals surface area contributed by atoms with E-state index in [1.54, 1.807) is 20.3 Å². The first-order valence-electron chi connectivity index (χ1n) is 9.64. The van der Waals surface area contributed by atoms with Crippen LogP contribution in [0.2, 0.25) is 0 Å². The summed E-state index contributed by atoms with van der Waals surface area (Å²) in [7, 11) is 7.53. The molecule has 0 aliphatic rings. The zero-order valence-electron chi connectivity index (χ0n) is 18.5. The number of ketones is 2. The number of ether oxygens (including phenoxy) is 6. The van der Waals surface area contributed by atoms with Crippen molar-refractivity contribution in [3.05, 3.63) is 41.5 Å². The molecule has 0 aliphatic heterocycles. The average molecular weight is 432 g/mol. The van der Waals surface area contributed by atoms with Crippen LogP contribution in [0.15, 0.2) is 30.3 Å². The van der Waals surface area contributed by atoms with Crippen molar-refractivity contribution in [2.45, 2.75) is 12.8 Å². The van der Waals surface area contributed by atoms with Crippen molar-refractivity contribution < 1.29 is 38.0 Å². The van der Waals surface area contributed by atoms with Gasteiger partial charge in [-0.3, -0.25) is 9.59 Å². The Labute approximate surface area is 182 Å². The fourth-order valence-electron chi connectivity index (χ4n) is 2.99. The molecule has 0 unspecified atom stereocenters. The van der Waals surface area contributed by atoms with Gasteiger partial charge in [0.05, 0.1) is 35.5 Å². The van der Waals surface area contributed by atoms with Crippen LogP contribution in [0.3, 0.4) is 0 Å². The molecular formula is C23H28O8. The Hall–Kier alpha value is -3.26. The second-order valence-electron chi connectivity index (χ2n) is 6.54. The summed E-state index contributed by atoms with van der Waals surface area (Å²) < 4.78 is 31.6. The first-order chi connectivity index (χ1) is 15.0. The summed E-state index contributed by atoms with van der Waals surface area (Å²) in [5.74, 6) is 1.02. The molecule has 0 heterocycles. The normalized spacial score (nSPS) is 10.4. The molecule has 0 aromatic heterocycles. The molecule has 8 nitrogen and oxygen atoms in total. The number of carbonyl (C=O) groups excluding carboxylic acids is 2. The number of methoxy groups -OCH3 is 5. The molecule has 8 heteroatoms. The molecule has 0 spiro atoms. The van der Waals surface area contributed by atoms with Crippen LogP contribution < -0.4 is 23.7 Å². The van der Waals surface area contributed by atoms with Gasteiger partial charge in [0.1, 0.15) is 18.1 Å². The number of carbonyl (C=O) groups is 2. The third kappa shape index (κ3) is 6.36. The molecule has 0 aliphatic carbocycles. The quantitative estimate of drug-likeness (QED) is 0.271. The molecule has 0 bridgehead atoms. The minimum Gasteiger partial charge on any atom is -0.497 e. The van der Waals surface area contributed by atoms with Crippen molar-refractivity contribution >= 4 is 11.6 Å². The summed E-state index contributed by atoms with van der Waals surface area (Å²) in [6, 6.07) is 8.52. The van der Waals surface area contributed by atoms with Crippen LogP contribution in [0.5, 0.6) is 28.7 Å². The number of hydrogen-bond acceptors (Lipinski definition) is 8. The fraction of sp³-hybridized carbons (Fsp3) is 0.391. The third-order valence-corrected chi connectivity index (χ3v) is 4.58. The molecular weight excluding hydrogens is 404 g/mol. The van der Waals surface area contributed by atoms with Crippen LogP contribution in [0.1, 0.15) is 22.3 Å². The minimum atomic E-state index is -0.684. The van der Waals surface area contributed by atoms with E-state index in [1.165, 1.54) is 33.5 Å². The third-order valence-electron chi connectivity index (χ3n) is 4.58. The molecule has 0 saturated carbocycles. The Kier molecular flexibility index (Phi) is 9.14.